The number of hydrogen-bond acceptors (Lipinski definition) is 8. The number of hydrogen-bond donors (Lipinski definition) is 0. The van der Waals surface area contributed by atoms with Crippen LogP contribution in [-0.2, 0) is 32.7 Å². The summed E-state index contributed by atoms with van der Waals surface area (Å²) < 4.78 is 34.6. The van der Waals surface area contributed by atoms with Crippen molar-refractivity contribution in [1.82, 2.24) is 0 Å². The van der Waals surface area contributed by atoms with E-state index in [9.17, 15) is 19.0 Å². The molecule has 0 spiro atoms. The van der Waals surface area contributed by atoms with Gasteiger partial charge in [0.05, 0.1) is 27.7 Å². The van der Waals surface area contributed by atoms with E-state index in [0.29, 0.717) is 23.9 Å². The van der Waals surface area contributed by atoms with E-state index in [2.05, 4.69) is 38.2 Å². The van der Waals surface area contributed by atoms with E-state index in [0.717, 1.165) is 83.5 Å². The minimum absolute atomic E-state index is 0.211. The first-order valence-corrected chi connectivity index (χ1v) is 20.5. The van der Waals surface area contributed by atoms with Gasteiger partial charge in [-0.25, -0.2) is 0 Å². The van der Waals surface area contributed by atoms with Crippen molar-refractivity contribution in [3.05, 3.63) is 24.3 Å². The predicted molar refractivity (Wildman–Crippen MR) is 194 cm³/mol. The number of allylic oxidation sites excluding steroid dienone is 4. The van der Waals surface area contributed by atoms with Crippen molar-refractivity contribution in [1.29, 1.82) is 0 Å². The highest BCUT2D eigenvalue weighted by Crippen LogP contribution is 2.41. The van der Waals surface area contributed by atoms with Crippen molar-refractivity contribution in [2.75, 3.05) is 40.9 Å². The second-order valence-electron chi connectivity index (χ2n) is 14.0. The Labute approximate surface area is 294 Å². The number of likely N-dealkylation sites (N-methyl/N-ethyl adjacent to an activating group) is 1. The largest absolute Gasteiger partial charge is 0.756 e. The van der Waals surface area contributed by atoms with Gasteiger partial charge >= 0.3 is 11.9 Å². The van der Waals surface area contributed by atoms with E-state index < -0.39 is 38.6 Å². The topological polar surface area (TPSA) is 111 Å². The van der Waals surface area contributed by atoms with Crippen molar-refractivity contribution in [2.45, 2.75) is 168 Å². The zero-order valence-electron chi connectivity index (χ0n) is 31.6. The van der Waals surface area contributed by atoms with Gasteiger partial charge in [0.15, 0.2) is 6.10 Å². The van der Waals surface area contributed by atoms with Crippen LogP contribution in [0.5, 0.6) is 0 Å². The number of quaternary nitrogens is 1. The van der Waals surface area contributed by atoms with Crippen LogP contribution in [0.15, 0.2) is 24.3 Å². The number of carbonyl (C=O) groups is 2. The molecule has 0 saturated heterocycles. The van der Waals surface area contributed by atoms with Crippen molar-refractivity contribution in [3.63, 3.8) is 0 Å². The van der Waals surface area contributed by atoms with Gasteiger partial charge in [-0.2, -0.15) is 0 Å². The van der Waals surface area contributed by atoms with Gasteiger partial charge in [-0.05, 0) is 57.8 Å². The number of ether oxygens (including phenoxy) is 2. The van der Waals surface area contributed by atoms with Crippen molar-refractivity contribution >= 4 is 19.8 Å². The van der Waals surface area contributed by atoms with Crippen molar-refractivity contribution < 1.29 is 42.1 Å². The number of phosphoric ester groups is 1. The van der Waals surface area contributed by atoms with Gasteiger partial charge in [-0.3, -0.25) is 14.2 Å². The average molecular weight is 702 g/mol. The molecule has 0 aliphatic rings. The minimum Gasteiger partial charge on any atom is -0.756 e. The fourth-order valence-electron chi connectivity index (χ4n) is 5.09. The molecule has 0 amide bonds. The van der Waals surface area contributed by atoms with Gasteiger partial charge in [0, 0.05) is 12.8 Å². The van der Waals surface area contributed by atoms with Crippen LogP contribution in [-0.4, -0.2) is 69.5 Å². The van der Waals surface area contributed by atoms with Crippen LogP contribution < -0.4 is 4.89 Å². The Morgan fingerprint density at radius 2 is 1.10 bits per heavy atom. The molecule has 48 heavy (non-hydrogen) atoms. The Balaban J connectivity index is 4.69. The molecule has 3 atom stereocenters. The number of phosphoric acid groups is 1. The smallest absolute Gasteiger partial charge is 0.306 e. The highest BCUT2D eigenvalue weighted by Gasteiger charge is 2.25. The predicted octanol–water partition coefficient (Wildman–Crippen LogP) is 9.38. The van der Waals surface area contributed by atoms with E-state index in [1.54, 1.807) is 0 Å². The molecule has 0 rings (SSSR count). The Morgan fingerprint density at radius 1 is 0.646 bits per heavy atom. The third-order valence-corrected chi connectivity index (χ3v) is 8.94. The molecule has 0 aliphatic heterocycles. The molecule has 9 nitrogen and oxygen atoms in total. The first kappa shape index (κ1) is 46.5. The molecule has 2 unspecified atom stereocenters. The quantitative estimate of drug-likeness (QED) is 0.0219. The molecule has 0 aromatic carbocycles. The molecule has 0 radical (unpaired) electrons. The number of carbonyl (C=O) groups excluding carboxylic acids is 2. The second kappa shape index (κ2) is 30.3. The van der Waals surface area contributed by atoms with E-state index >= 15 is 0 Å². The first-order chi connectivity index (χ1) is 22.9. The summed E-state index contributed by atoms with van der Waals surface area (Å²) in [7, 11) is 1.17. The molecular formula is C38H72NO8P. The minimum atomic E-state index is -4.69. The summed E-state index contributed by atoms with van der Waals surface area (Å²) in [6.45, 7) is 5.99. The third-order valence-electron chi connectivity index (χ3n) is 7.92. The van der Waals surface area contributed by atoms with Crippen LogP contribution in [0.3, 0.4) is 0 Å². The SMILES string of the molecule is CCCC/C=C\CCCCCCCC(=O)OC[C@H](COP(=O)([O-])OC(CC)C[N+](C)(C)C)OC(=O)CCCCCCC/C=C\CCCC. The summed E-state index contributed by atoms with van der Waals surface area (Å²) in [6.07, 6.45) is 27.7. The summed E-state index contributed by atoms with van der Waals surface area (Å²) in [5.74, 6) is -0.859. The lowest BCUT2D eigenvalue weighted by molar-refractivity contribution is -0.873. The van der Waals surface area contributed by atoms with Gasteiger partial charge in [0.2, 0.25) is 0 Å². The molecule has 10 heteroatoms. The molecular weight excluding hydrogens is 629 g/mol. The molecule has 0 bridgehead atoms. The van der Waals surface area contributed by atoms with Crippen LogP contribution in [0.4, 0.5) is 0 Å². The van der Waals surface area contributed by atoms with Gasteiger partial charge in [-0.15, -0.1) is 0 Å². The Kier molecular flexibility index (Phi) is 29.4. The van der Waals surface area contributed by atoms with Gasteiger partial charge in [0.1, 0.15) is 19.3 Å². The molecule has 0 aromatic rings. The summed E-state index contributed by atoms with van der Waals surface area (Å²) in [5, 5.41) is 0. The van der Waals surface area contributed by atoms with E-state index in [-0.39, 0.29) is 19.4 Å². The Morgan fingerprint density at radius 3 is 1.58 bits per heavy atom. The first-order valence-electron chi connectivity index (χ1n) is 19.0. The number of nitrogens with zero attached hydrogens (tertiary/aromatic N) is 1. The monoisotopic (exact) mass is 701 g/mol. The van der Waals surface area contributed by atoms with Crippen molar-refractivity contribution in [2.24, 2.45) is 0 Å². The van der Waals surface area contributed by atoms with Crippen LogP contribution in [0.25, 0.3) is 0 Å². The molecule has 0 heterocycles. The third kappa shape index (κ3) is 31.7. The molecule has 0 N–H and O–H groups in total. The summed E-state index contributed by atoms with van der Waals surface area (Å²) in [4.78, 5) is 37.7. The lowest BCUT2D eigenvalue weighted by Crippen LogP contribution is -2.42. The number of rotatable bonds is 33. The fourth-order valence-corrected chi connectivity index (χ4v) is 6.08. The van der Waals surface area contributed by atoms with Gasteiger partial charge in [-0.1, -0.05) is 109 Å². The van der Waals surface area contributed by atoms with E-state index in [1.807, 2.05) is 28.1 Å². The fraction of sp³-hybridized carbons (Fsp3) is 0.842. The maximum atomic E-state index is 12.6. The summed E-state index contributed by atoms with van der Waals surface area (Å²) >= 11 is 0. The molecule has 0 fully saturated rings. The van der Waals surface area contributed by atoms with E-state index in [1.165, 1.54) is 25.7 Å². The number of unbranched alkanes of at least 4 members (excludes halogenated alkanes) is 14. The maximum absolute atomic E-state index is 12.6. The Bertz CT molecular complexity index is 902. The molecule has 0 saturated carbocycles. The average Bonchev–Trinajstić information content (AvgIpc) is 3.02. The van der Waals surface area contributed by atoms with Crippen LogP contribution >= 0.6 is 7.82 Å². The molecule has 0 aromatic heterocycles. The standard InChI is InChI=1S/C38H72NO8P/c1-7-10-12-14-16-18-20-22-24-26-28-30-37(40)44-33-36(34-45-48(42,43)47-35(9-3)32-39(4,5)6)46-38(41)31-29-27-25-23-21-19-17-15-13-11-8-2/h14-17,35-36H,7-13,18-34H2,1-6H3/b16-14-,17-15-/t35?,36-/m1/s1. The highest BCUT2D eigenvalue weighted by molar-refractivity contribution is 7.45. The molecule has 282 valence electrons. The Hall–Kier alpha value is -1.51. The summed E-state index contributed by atoms with van der Waals surface area (Å²) in [6, 6.07) is 0. The maximum Gasteiger partial charge on any atom is 0.306 e. The normalized spacial score (nSPS) is 14.7. The molecule has 0 aliphatic carbocycles. The van der Waals surface area contributed by atoms with E-state index in [4.69, 9.17) is 18.5 Å². The van der Waals surface area contributed by atoms with Gasteiger partial charge < -0.3 is 27.9 Å². The lowest BCUT2D eigenvalue weighted by Gasteiger charge is -2.33. The zero-order chi connectivity index (χ0) is 35.9. The summed E-state index contributed by atoms with van der Waals surface area (Å²) in [5.41, 5.74) is 0. The number of esters is 2. The lowest BCUT2D eigenvalue weighted by atomic mass is 10.1. The van der Waals surface area contributed by atoms with Crippen LogP contribution in [0, 0.1) is 0 Å². The zero-order valence-corrected chi connectivity index (χ0v) is 32.5. The van der Waals surface area contributed by atoms with Crippen LogP contribution in [0.1, 0.15) is 156 Å². The highest BCUT2D eigenvalue weighted by atomic mass is 31.2. The van der Waals surface area contributed by atoms with Crippen molar-refractivity contribution in [3.8, 4) is 0 Å². The van der Waals surface area contributed by atoms with Crippen LogP contribution in [0.2, 0.25) is 0 Å². The second-order valence-corrected chi connectivity index (χ2v) is 15.4. The van der Waals surface area contributed by atoms with Gasteiger partial charge in [0.25, 0.3) is 7.82 Å².